The van der Waals surface area contributed by atoms with E-state index in [0.29, 0.717) is 13.0 Å². The molecule has 4 heteroatoms. The minimum absolute atomic E-state index is 0.0766. The zero-order valence-corrected chi connectivity index (χ0v) is 7.30. The standard InChI is InChI=1S/C8H14N2O2/c1-9-5-7(11)6-10-4-2-3-8(10)12/h9H,2-6H2,1H3. The van der Waals surface area contributed by atoms with Gasteiger partial charge in [0.25, 0.3) is 0 Å². The number of hydrogen-bond donors (Lipinski definition) is 1. The Morgan fingerprint density at radius 2 is 2.42 bits per heavy atom. The first-order valence-corrected chi connectivity index (χ1v) is 4.18. The average Bonchev–Trinajstić information content (AvgIpc) is 2.37. The number of nitrogens with zero attached hydrogens (tertiary/aromatic N) is 1. The molecule has 0 unspecified atom stereocenters. The Bertz CT molecular complexity index is 191. The predicted molar refractivity (Wildman–Crippen MR) is 44.7 cm³/mol. The molecule has 0 radical (unpaired) electrons. The minimum atomic E-state index is 0.0766. The molecule has 1 heterocycles. The lowest BCUT2D eigenvalue weighted by atomic mass is 10.3. The Labute approximate surface area is 71.9 Å². The average molecular weight is 170 g/mol. The second-order valence-electron chi connectivity index (χ2n) is 2.99. The highest BCUT2D eigenvalue weighted by Gasteiger charge is 2.21. The number of hydrogen-bond acceptors (Lipinski definition) is 3. The molecule has 12 heavy (non-hydrogen) atoms. The van der Waals surface area contributed by atoms with Crippen molar-refractivity contribution < 1.29 is 9.59 Å². The molecule has 1 aliphatic heterocycles. The fraction of sp³-hybridized carbons (Fsp3) is 0.750. The van der Waals surface area contributed by atoms with E-state index in [4.69, 9.17) is 0 Å². The first-order chi connectivity index (χ1) is 5.74. The summed E-state index contributed by atoms with van der Waals surface area (Å²) in [4.78, 5) is 23.8. The summed E-state index contributed by atoms with van der Waals surface area (Å²) in [5, 5.41) is 2.77. The van der Waals surface area contributed by atoms with Crippen LogP contribution in [0.1, 0.15) is 12.8 Å². The number of carbonyl (C=O) groups excluding carboxylic acids is 2. The largest absolute Gasteiger partial charge is 0.335 e. The van der Waals surface area contributed by atoms with Crippen molar-refractivity contribution in [3.63, 3.8) is 0 Å². The Hall–Kier alpha value is -0.900. The van der Waals surface area contributed by atoms with E-state index in [1.54, 1.807) is 11.9 Å². The molecule has 1 amide bonds. The van der Waals surface area contributed by atoms with Crippen LogP contribution in [0, 0.1) is 0 Å². The van der Waals surface area contributed by atoms with Crippen LogP contribution in [0.25, 0.3) is 0 Å². The summed E-state index contributed by atoms with van der Waals surface area (Å²) in [5.74, 6) is 0.187. The van der Waals surface area contributed by atoms with Gasteiger partial charge in [-0.25, -0.2) is 0 Å². The molecule has 0 aromatic carbocycles. The van der Waals surface area contributed by atoms with Crippen LogP contribution >= 0.6 is 0 Å². The highest BCUT2D eigenvalue weighted by Crippen LogP contribution is 2.08. The van der Waals surface area contributed by atoms with E-state index in [1.807, 2.05) is 0 Å². The van der Waals surface area contributed by atoms with E-state index in [0.717, 1.165) is 13.0 Å². The van der Waals surface area contributed by atoms with Crippen molar-refractivity contribution in [3.05, 3.63) is 0 Å². The van der Waals surface area contributed by atoms with E-state index in [2.05, 4.69) is 5.32 Å². The van der Waals surface area contributed by atoms with Gasteiger partial charge >= 0.3 is 0 Å². The molecule has 0 bridgehead atoms. The molecule has 1 fully saturated rings. The predicted octanol–water partition coefficient (Wildman–Crippen LogP) is -0.603. The fourth-order valence-corrected chi connectivity index (χ4v) is 1.34. The van der Waals surface area contributed by atoms with Gasteiger partial charge in [0.15, 0.2) is 5.78 Å². The van der Waals surface area contributed by atoms with E-state index in [1.165, 1.54) is 0 Å². The summed E-state index contributed by atoms with van der Waals surface area (Å²) in [5.41, 5.74) is 0. The summed E-state index contributed by atoms with van der Waals surface area (Å²) < 4.78 is 0. The maximum atomic E-state index is 11.1. The monoisotopic (exact) mass is 170 g/mol. The first kappa shape index (κ1) is 9.19. The van der Waals surface area contributed by atoms with Crippen LogP contribution in [0.15, 0.2) is 0 Å². The fourth-order valence-electron chi connectivity index (χ4n) is 1.34. The molecular weight excluding hydrogens is 156 g/mol. The Balaban J connectivity index is 2.30. The zero-order chi connectivity index (χ0) is 8.97. The summed E-state index contributed by atoms with van der Waals surface area (Å²) >= 11 is 0. The van der Waals surface area contributed by atoms with Crippen molar-refractivity contribution in [2.45, 2.75) is 12.8 Å². The molecule has 0 aromatic heterocycles. The molecule has 68 valence electrons. The van der Waals surface area contributed by atoms with Crippen LogP contribution in [0.4, 0.5) is 0 Å². The molecule has 1 aliphatic rings. The van der Waals surface area contributed by atoms with Crippen molar-refractivity contribution >= 4 is 11.7 Å². The van der Waals surface area contributed by atoms with Gasteiger partial charge in [0.05, 0.1) is 13.1 Å². The maximum absolute atomic E-state index is 11.1. The first-order valence-electron chi connectivity index (χ1n) is 4.18. The molecule has 1 saturated heterocycles. The molecule has 1 N–H and O–H groups in total. The quantitative estimate of drug-likeness (QED) is 0.612. The van der Waals surface area contributed by atoms with E-state index in [-0.39, 0.29) is 18.2 Å². The second-order valence-corrected chi connectivity index (χ2v) is 2.99. The van der Waals surface area contributed by atoms with Crippen molar-refractivity contribution in [1.82, 2.24) is 10.2 Å². The van der Waals surface area contributed by atoms with Gasteiger partial charge in [-0.2, -0.15) is 0 Å². The van der Waals surface area contributed by atoms with Crippen molar-refractivity contribution in [3.8, 4) is 0 Å². The van der Waals surface area contributed by atoms with E-state index < -0.39 is 0 Å². The zero-order valence-electron chi connectivity index (χ0n) is 7.30. The summed E-state index contributed by atoms with van der Waals surface area (Å²) in [7, 11) is 1.73. The number of ketones is 1. The van der Waals surface area contributed by atoms with Crippen molar-refractivity contribution in [2.75, 3.05) is 26.7 Å². The summed E-state index contributed by atoms with van der Waals surface area (Å²) in [6.07, 6.45) is 1.50. The molecule has 0 aromatic rings. The van der Waals surface area contributed by atoms with Crippen molar-refractivity contribution in [2.24, 2.45) is 0 Å². The van der Waals surface area contributed by atoms with E-state index >= 15 is 0 Å². The van der Waals surface area contributed by atoms with Gasteiger partial charge in [0.1, 0.15) is 0 Å². The van der Waals surface area contributed by atoms with Gasteiger partial charge in [-0.1, -0.05) is 0 Å². The SMILES string of the molecule is CNCC(=O)CN1CCCC1=O. The highest BCUT2D eigenvalue weighted by molar-refractivity contribution is 5.88. The van der Waals surface area contributed by atoms with Crippen LogP contribution in [0.2, 0.25) is 0 Å². The summed E-state index contributed by atoms with van der Waals surface area (Å²) in [6, 6.07) is 0. The van der Waals surface area contributed by atoms with Gasteiger partial charge < -0.3 is 10.2 Å². The molecule has 0 spiro atoms. The number of Topliss-reactive ketones (excluding diaryl/α,β-unsaturated/α-hetero) is 1. The lowest BCUT2D eigenvalue weighted by Gasteiger charge is -2.13. The van der Waals surface area contributed by atoms with Crippen LogP contribution in [0.5, 0.6) is 0 Å². The van der Waals surface area contributed by atoms with Crippen LogP contribution in [-0.4, -0.2) is 43.3 Å². The van der Waals surface area contributed by atoms with Crippen molar-refractivity contribution in [1.29, 1.82) is 0 Å². The van der Waals surface area contributed by atoms with Crippen LogP contribution in [-0.2, 0) is 9.59 Å². The number of likely N-dealkylation sites (tertiary alicyclic amines) is 1. The highest BCUT2D eigenvalue weighted by atomic mass is 16.2. The number of rotatable bonds is 4. The van der Waals surface area contributed by atoms with Gasteiger partial charge in [-0.05, 0) is 13.5 Å². The van der Waals surface area contributed by atoms with Gasteiger partial charge in [-0.3, -0.25) is 9.59 Å². The summed E-state index contributed by atoms with van der Waals surface area (Å²) in [6.45, 7) is 1.37. The number of likely N-dealkylation sites (N-methyl/N-ethyl adjacent to an activating group) is 1. The third-order valence-corrected chi connectivity index (χ3v) is 1.91. The van der Waals surface area contributed by atoms with E-state index in [9.17, 15) is 9.59 Å². The third kappa shape index (κ3) is 2.30. The van der Waals surface area contributed by atoms with Gasteiger partial charge in [-0.15, -0.1) is 0 Å². The smallest absolute Gasteiger partial charge is 0.223 e. The molecule has 0 saturated carbocycles. The number of nitrogens with one attached hydrogen (secondary N) is 1. The molecule has 0 atom stereocenters. The topological polar surface area (TPSA) is 49.4 Å². The lowest BCUT2D eigenvalue weighted by molar-refractivity contribution is -0.132. The Morgan fingerprint density at radius 3 is 2.92 bits per heavy atom. The second kappa shape index (κ2) is 4.21. The van der Waals surface area contributed by atoms with Gasteiger partial charge in [0.2, 0.25) is 5.91 Å². The third-order valence-electron chi connectivity index (χ3n) is 1.91. The number of amides is 1. The molecule has 4 nitrogen and oxygen atoms in total. The maximum Gasteiger partial charge on any atom is 0.223 e. The van der Waals surface area contributed by atoms with Crippen LogP contribution < -0.4 is 5.32 Å². The van der Waals surface area contributed by atoms with Crippen LogP contribution in [0.3, 0.4) is 0 Å². The minimum Gasteiger partial charge on any atom is -0.335 e. The molecular formula is C8H14N2O2. The normalized spacial score (nSPS) is 17.1. The van der Waals surface area contributed by atoms with Gasteiger partial charge in [0, 0.05) is 13.0 Å². The Kier molecular flexibility index (Phi) is 3.22. The molecule has 0 aliphatic carbocycles. The Morgan fingerprint density at radius 1 is 1.67 bits per heavy atom. The number of carbonyl (C=O) groups is 2. The molecule has 1 rings (SSSR count). The lowest BCUT2D eigenvalue weighted by Crippen LogP contribution is -2.34.